The maximum atomic E-state index is 12.8. The van der Waals surface area contributed by atoms with Crippen molar-refractivity contribution < 1.29 is 19.0 Å². The van der Waals surface area contributed by atoms with Crippen LogP contribution in [0.5, 0.6) is 17.2 Å². The van der Waals surface area contributed by atoms with Crippen molar-refractivity contribution in [3.63, 3.8) is 0 Å². The quantitative estimate of drug-likeness (QED) is 0.417. The van der Waals surface area contributed by atoms with E-state index in [2.05, 4.69) is 10.3 Å². The van der Waals surface area contributed by atoms with Crippen molar-refractivity contribution in [2.24, 2.45) is 0 Å². The summed E-state index contributed by atoms with van der Waals surface area (Å²) in [5.41, 5.74) is 3.80. The number of nitrogens with zero attached hydrogens (tertiary/aromatic N) is 2. The maximum Gasteiger partial charge on any atom is 0.240 e. The van der Waals surface area contributed by atoms with Gasteiger partial charge in [-0.15, -0.1) is 0 Å². The predicted molar refractivity (Wildman–Crippen MR) is 127 cm³/mol. The van der Waals surface area contributed by atoms with E-state index in [1.165, 1.54) is 5.56 Å². The largest absolute Gasteiger partial charge is 0.493 e. The summed E-state index contributed by atoms with van der Waals surface area (Å²) in [5, 5.41) is 2.97. The number of carbonyl (C=O) groups excluding carboxylic acids is 1. The van der Waals surface area contributed by atoms with E-state index in [9.17, 15) is 4.79 Å². The van der Waals surface area contributed by atoms with Crippen LogP contribution in [0, 0.1) is 6.92 Å². The molecular formula is C26H27N3O4. The van der Waals surface area contributed by atoms with Crippen molar-refractivity contribution in [1.29, 1.82) is 0 Å². The summed E-state index contributed by atoms with van der Waals surface area (Å²) in [6, 6.07) is 21.2. The molecule has 0 fully saturated rings. The molecule has 4 aromatic rings. The third-order valence-corrected chi connectivity index (χ3v) is 5.36. The average Bonchev–Trinajstić information content (AvgIpc) is 3.19. The summed E-state index contributed by atoms with van der Waals surface area (Å²) in [6.45, 7) is 2.81. The predicted octanol–water partition coefficient (Wildman–Crippen LogP) is 4.26. The van der Waals surface area contributed by atoms with E-state index >= 15 is 0 Å². The van der Waals surface area contributed by atoms with Crippen LogP contribution in [0.4, 0.5) is 0 Å². The number of benzene rings is 3. The fourth-order valence-electron chi connectivity index (χ4n) is 3.59. The number of nitrogens with one attached hydrogen (secondary N) is 1. The molecule has 1 N–H and O–H groups in total. The zero-order chi connectivity index (χ0) is 23.2. The molecule has 33 heavy (non-hydrogen) atoms. The lowest BCUT2D eigenvalue weighted by molar-refractivity contribution is -0.121. The van der Waals surface area contributed by atoms with Crippen molar-refractivity contribution in [3.8, 4) is 17.2 Å². The molecule has 0 aliphatic carbocycles. The van der Waals surface area contributed by atoms with E-state index in [-0.39, 0.29) is 19.1 Å². The molecule has 1 aromatic heterocycles. The van der Waals surface area contributed by atoms with Gasteiger partial charge in [-0.1, -0.05) is 35.9 Å². The van der Waals surface area contributed by atoms with Crippen LogP contribution in [0.1, 0.15) is 17.0 Å². The topological polar surface area (TPSA) is 74.6 Å². The number of rotatable bonds is 9. The second kappa shape index (κ2) is 10.1. The molecule has 0 unspecified atom stereocenters. The van der Waals surface area contributed by atoms with Crippen LogP contribution in [0.25, 0.3) is 11.0 Å². The zero-order valence-corrected chi connectivity index (χ0v) is 19.0. The van der Waals surface area contributed by atoms with E-state index in [1.807, 2.05) is 78.2 Å². The zero-order valence-electron chi connectivity index (χ0n) is 19.0. The summed E-state index contributed by atoms with van der Waals surface area (Å²) in [5.74, 6) is 2.61. The highest BCUT2D eigenvalue weighted by molar-refractivity contribution is 5.81. The highest BCUT2D eigenvalue weighted by Crippen LogP contribution is 2.27. The minimum Gasteiger partial charge on any atom is -0.493 e. The first-order valence-corrected chi connectivity index (χ1v) is 10.7. The van der Waals surface area contributed by atoms with Crippen LogP contribution < -0.4 is 19.5 Å². The standard InChI is InChI=1S/C26H27N3O4/c1-18-8-11-20(12-9-18)33-17-25-28-21-6-4-5-7-22(21)29(25)16-26(30)27-15-19-10-13-23(31-2)24(14-19)32-3/h4-14H,15-17H2,1-3H3,(H,27,30). The first kappa shape index (κ1) is 22.2. The molecule has 170 valence electrons. The number of aryl methyl sites for hydroxylation is 1. The molecule has 3 aromatic carbocycles. The Balaban J connectivity index is 1.47. The molecule has 7 heteroatoms. The van der Waals surface area contributed by atoms with Gasteiger partial charge >= 0.3 is 0 Å². The van der Waals surface area contributed by atoms with Gasteiger partial charge in [0.2, 0.25) is 5.91 Å². The Morgan fingerprint density at radius 2 is 1.73 bits per heavy atom. The normalized spacial score (nSPS) is 10.8. The molecule has 0 spiro atoms. The van der Waals surface area contributed by atoms with Crippen molar-refractivity contribution in [3.05, 3.63) is 83.7 Å². The lowest BCUT2D eigenvalue weighted by atomic mass is 10.2. The Kier molecular flexibility index (Phi) is 6.78. The summed E-state index contributed by atoms with van der Waals surface area (Å²) < 4.78 is 18.4. The lowest BCUT2D eigenvalue weighted by Gasteiger charge is -2.12. The number of para-hydroxylation sites is 2. The van der Waals surface area contributed by atoms with Gasteiger partial charge in [0.05, 0.1) is 25.3 Å². The number of hydrogen-bond acceptors (Lipinski definition) is 5. The van der Waals surface area contributed by atoms with E-state index in [0.717, 1.165) is 22.3 Å². The molecule has 0 saturated carbocycles. The SMILES string of the molecule is COc1ccc(CNC(=O)Cn2c(COc3ccc(C)cc3)nc3ccccc32)cc1OC. The molecule has 0 saturated heterocycles. The van der Waals surface area contributed by atoms with Crippen molar-refractivity contribution in [1.82, 2.24) is 14.9 Å². The number of aromatic nitrogens is 2. The van der Waals surface area contributed by atoms with Crippen LogP contribution >= 0.6 is 0 Å². The van der Waals surface area contributed by atoms with Gasteiger partial charge in [-0.2, -0.15) is 0 Å². The van der Waals surface area contributed by atoms with Crippen LogP contribution in [0.15, 0.2) is 66.7 Å². The summed E-state index contributed by atoms with van der Waals surface area (Å²) in [4.78, 5) is 17.5. The minimum absolute atomic E-state index is 0.121. The third kappa shape index (κ3) is 5.26. The monoisotopic (exact) mass is 445 g/mol. The number of ether oxygens (including phenoxy) is 3. The molecular weight excluding hydrogens is 418 g/mol. The van der Waals surface area contributed by atoms with Gasteiger partial charge in [0.25, 0.3) is 0 Å². The van der Waals surface area contributed by atoms with Crippen LogP contribution in [-0.4, -0.2) is 29.7 Å². The number of fused-ring (bicyclic) bond motifs is 1. The molecule has 0 bridgehead atoms. The van der Waals surface area contributed by atoms with Crippen LogP contribution in [0.2, 0.25) is 0 Å². The second-order valence-corrected chi connectivity index (χ2v) is 7.67. The molecule has 0 aliphatic heterocycles. The second-order valence-electron chi connectivity index (χ2n) is 7.67. The highest BCUT2D eigenvalue weighted by atomic mass is 16.5. The Hall–Kier alpha value is -4.00. The minimum atomic E-state index is -0.121. The Bertz CT molecular complexity index is 1250. The Morgan fingerprint density at radius 3 is 2.48 bits per heavy atom. The van der Waals surface area contributed by atoms with Crippen LogP contribution in [-0.2, 0) is 24.5 Å². The van der Waals surface area contributed by atoms with Gasteiger partial charge in [0, 0.05) is 6.54 Å². The van der Waals surface area contributed by atoms with Crippen molar-refractivity contribution in [2.45, 2.75) is 26.6 Å². The fraction of sp³-hybridized carbons (Fsp3) is 0.231. The first-order chi connectivity index (χ1) is 16.1. The number of hydrogen-bond donors (Lipinski definition) is 1. The van der Waals surface area contributed by atoms with Gasteiger partial charge in [-0.25, -0.2) is 4.98 Å². The van der Waals surface area contributed by atoms with Gasteiger partial charge in [0.15, 0.2) is 11.5 Å². The van der Waals surface area contributed by atoms with Gasteiger partial charge < -0.3 is 24.1 Å². The Morgan fingerprint density at radius 1 is 0.970 bits per heavy atom. The summed E-state index contributed by atoms with van der Waals surface area (Å²) >= 11 is 0. The summed E-state index contributed by atoms with van der Waals surface area (Å²) in [6.07, 6.45) is 0. The summed E-state index contributed by atoms with van der Waals surface area (Å²) in [7, 11) is 3.18. The van der Waals surface area contributed by atoms with E-state index in [1.54, 1.807) is 14.2 Å². The first-order valence-electron chi connectivity index (χ1n) is 10.7. The van der Waals surface area contributed by atoms with Crippen molar-refractivity contribution >= 4 is 16.9 Å². The van der Waals surface area contributed by atoms with E-state index in [4.69, 9.17) is 14.2 Å². The smallest absolute Gasteiger partial charge is 0.240 e. The van der Waals surface area contributed by atoms with Crippen LogP contribution in [0.3, 0.4) is 0 Å². The molecule has 0 radical (unpaired) electrons. The van der Waals surface area contributed by atoms with E-state index in [0.29, 0.717) is 23.9 Å². The van der Waals surface area contributed by atoms with Gasteiger partial charge in [0.1, 0.15) is 24.7 Å². The average molecular weight is 446 g/mol. The number of carbonyl (C=O) groups is 1. The molecule has 7 nitrogen and oxygen atoms in total. The molecule has 1 amide bonds. The van der Waals surface area contributed by atoms with E-state index < -0.39 is 0 Å². The maximum absolute atomic E-state index is 12.8. The van der Waals surface area contributed by atoms with Gasteiger partial charge in [-0.05, 0) is 48.9 Å². The third-order valence-electron chi connectivity index (χ3n) is 5.36. The molecule has 1 heterocycles. The Labute approximate surface area is 192 Å². The fourth-order valence-corrected chi connectivity index (χ4v) is 3.59. The number of amides is 1. The highest BCUT2D eigenvalue weighted by Gasteiger charge is 2.14. The molecule has 4 rings (SSSR count). The number of imidazole rings is 1. The van der Waals surface area contributed by atoms with Gasteiger partial charge in [-0.3, -0.25) is 4.79 Å². The number of methoxy groups -OCH3 is 2. The lowest BCUT2D eigenvalue weighted by Crippen LogP contribution is -2.28. The molecule has 0 aliphatic rings. The molecule has 0 atom stereocenters. The van der Waals surface area contributed by atoms with Crippen molar-refractivity contribution in [2.75, 3.05) is 14.2 Å².